The van der Waals surface area contributed by atoms with Gasteiger partial charge in [0.05, 0.1) is 0 Å². The van der Waals surface area contributed by atoms with Crippen molar-refractivity contribution in [2.24, 2.45) is 11.8 Å². The lowest BCUT2D eigenvalue weighted by Gasteiger charge is -2.32. The van der Waals surface area contributed by atoms with Crippen molar-refractivity contribution in [1.29, 1.82) is 0 Å². The summed E-state index contributed by atoms with van der Waals surface area (Å²) in [6.45, 7) is 4.56. The van der Waals surface area contributed by atoms with Gasteiger partial charge >= 0.3 is 0 Å². The number of amides is 1. The molecule has 2 aliphatic carbocycles. The maximum Gasteiger partial charge on any atom is 0.265 e. The molecule has 0 radical (unpaired) electrons. The quantitative estimate of drug-likeness (QED) is 0.799. The average Bonchev–Trinajstić information content (AvgIpc) is 3.16. The van der Waals surface area contributed by atoms with Gasteiger partial charge in [-0.25, -0.2) is 4.98 Å². The zero-order chi connectivity index (χ0) is 15.0. The maximum absolute atomic E-state index is 12.4. The molecule has 2 fully saturated rings. The summed E-state index contributed by atoms with van der Waals surface area (Å²) in [5.74, 6) is 1.69. The fourth-order valence-corrected chi connectivity index (χ4v) is 3.75. The van der Waals surface area contributed by atoms with Crippen LogP contribution in [0.4, 0.5) is 10.9 Å². The minimum absolute atomic E-state index is 0.0689. The number of nitrogens with two attached hydrogens (primary N) is 1. The van der Waals surface area contributed by atoms with E-state index in [4.69, 9.17) is 5.73 Å². The van der Waals surface area contributed by atoms with Crippen molar-refractivity contribution in [1.82, 2.24) is 10.3 Å². The summed E-state index contributed by atoms with van der Waals surface area (Å²) in [6.07, 6.45) is 5.65. The first-order valence-corrected chi connectivity index (χ1v) is 8.68. The summed E-state index contributed by atoms with van der Waals surface area (Å²) in [7, 11) is 0. The van der Waals surface area contributed by atoms with Crippen LogP contribution in [-0.2, 0) is 0 Å². The van der Waals surface area contributed by atoms with Crippen molar-refractivity contribution < 1.29 is 4.79 Å². The molecule has 5 nitrogen and oxygen atoms in total. The highest BCUT2D eigenvalue weighted by atomic mass is 32.1. The number of carbonyl (C=O) groups is 1. The van der Waals surface area contributed by atoms with Crippen LogP contribution < -0.4 is 16.4 Å². The van der Waals surface area contributed by atoms with E-state index in [0.29, 0.717) is 22.7 Å². The molecule has 3 atom stereocenters. The number of thiazole rings is 1. The lowest BCUT2D eigenvalue weighted by atomic mass is 9.79. The van der Waals surface area contributed by atoms with Crippen LogP contribution in [-0.4, -0.2) is 23.0 Å². The first-order chi connectivity index (χ1) is 10.0. The summed E-state index contributed by atoms with van der Waals surface area (Å²) in [6, 6.07) is 0.789. The molecule has 2 saturated carbocycles. The van der Waals surface area contributed by atoms with E-state index in [-0.39, 0.29) is 11.9 Å². The lowest BCUT2D eigenvalue weighted by Crippen LogP contribution is -2.39. The summed E-state index contributed by atoms with van der Waals surface area (Å²) in [4.78, 5) is 17.2. The fraction of sp³-hybridized carbons (Fsp3) is 0.733. The smallest absolute Gasteiger partial charge is 0.265 e. The van der Waals surface area contributed by atoms with E-state index in [9.17, 15) is 4.79 Å². The molecule has 3 unspecified atom stereocenters. The number of carbonyl (C=O) groups excluding carboxylic acids is 1. The fourth-order valence-electron chi connectivity index (χ4n) is 2.89. The van der Waals surface area contributed by atoms with Gasteiger partial charge in [0.2, 0.25) is 0 Å². The van der Waals surface area contributed by atoms with Crippen molar-refractivity contribution in [2.45, 2.75) is 58.0 Å². The van der Waals surface area contributed by atoms with E-state index in [0.717, 1.165) is 23.9 Å². The van der Waals surface area contributed by atoms with Gasteiger partial charge in [-0.1, -0.05) is 25.2 Å². The third kappa shape index (κ3) is 3.48. The number of nitrogens with zero attached hydrogens (tertiary/aromatic N) is 1. The average molecular weight is 308 g/mol. The molecule has 1 amide bonds. The van der Waals surface area contributed by atoms with Crippen LogP contribution in [0.15, 0.2) is 0 Å². The predicted octanol–water partition coefficient (Wildman–Crippen LogP) is 2.85. The number of aromatic nitrogens is 1. The van der Waals surface area contributed by atoms with Crippen molar-refractivity contribution in [3.05, 3.63) is 4.88 Å². The zero-order valence-corrected chi connectivity index (χ0v) is 13.5. The second-order valence-corrected chi connectivity index (χ2v) is 7.59. The lowest BCUT2D eigenvalue weighted by molar-refractivity contribution is 0.0915. The van der Waals surface area contributed by atoms with Gasteiger partial charge in [0.1, 0.15) is 10.7 Å². The van der Waals surface area contributed by atoms with Crippen LogP contribution in [0.2, 0.25) is 0 Å². The van der Waals surface area contributed by atoms with E-state index in [2.05, 4.69) is 29.5 Å². The number of anilines is 2. The van der Waals surface area contributed by atoms with Crippen molar-refractivity contribution >= 4 is 28.2 Å². The molecule has 0 saturated heterocycles. The molecule has 0 bridgehead atoms. The second-order valence-electron chi connectivity index (χ2n) is 6.59. The maximum atomic E-state index is 12.4. The molecule has 0 aromatic carbocycles. The van der Waals surface area contributed by atoms with Gasteiger partial charge in [-0.3, -0.25) is 4.79 Å². The molecule has 1 heterocycles. The molecular formula is C15H24N4OS. The predicted molar refractivity (Wildman–Crippen MR) is 86.6 cm³/mol. The summed E-state index contributed by atoms with van der Waals surface area (Å²) in [5.41, 5.74) is 5.89. The van der Waals surface area contributed by atoms with Gasteiger partial charge in [0, 0.05) is 12.1 Å². The van der Waals surface area contributed by atoms with Crippen LogP contribution in [0.3, 0.4) is 0 Å². The molecule has 2 aliphatic rings. The normalized spacial score (nSPS) is 29.1. The molecule has 6 heteroatoms. The number of rotatable bonds is 4. The van der Waals surface area contributed by atoms with Crippen molar-refractivity contribution in [2.75, 3.05) is 11.1 Å². The standard InChI is InChI=1S/C15H24N4OS/c1-8-3-4-11(7-9(8)2)17-14(20)12-13(16)19-15(21-12)18-10-5-6-10/h8-11H,3-7,16H2,1-2H3,(H,17,20)(H,18,19). The first-order valence-electron chi connectivity index (χ1n) is 7.86. The Labute approximate surface area is 129 Å². The van der Waals surface area contributed by atoms with E-state index >= 15 is 0 Å². The van der Waals surface area contributed by atoms with Gasteiger partial charge in [-0.2, -0.15) is 0 Å². The molecule has 3 rings (SSSR count). The highest BCUT2D eigenvalue weighted by Crippen LogP contribution is 2.32. The van der Waals surface area contributed by atoms with E-state index < -0.39 is 0 Å². The molecule has 0 spiro atoms. The molecule has 1 aromatic rings. The molecule has 0 aliphatic heterocycles. The van der Waals surface area contributed by atoms with Crippen molar-refractivity contribution in [3.63, 3.8) is 0 Å². The summed E-state index contributed by atoms with van der Waals surface area (Å²) in [5, 5.41) is 7.20. The van der Waals surface area contributed by atoms with E-state index in [1.54, 1.807) is 0 Å². The van der Waals surface area contributed by atoms with Crippen LogP contribution >= 0.6 is 11.3 Å². The van der Waals surface area contributed by atoms with Gasteiger partial charge < -0.3 is 16.4 Å². The minimum Gasteiger partial charge on any atom is -0.382 e. The molecule has 21 heavy (non-hydrogen) atoms. The SMILES string of the molecule is CC1CCC(NC(=O)c2sc(NC3CC3)nc2N)CC1C. The monoisotopic (exact) mass is 308 g/mol. The summed E-state index contributed by atoms with van der Waals surface area (Å²) >= 11 is 1.37. The van der Waals surface area contributed by atoms with Crippen LogP contribution in [0.1, 0.15) is 55.6 Å². The Hall–Kier alpha value is -1.30. The Bertz CT molecular complexity index is 526. The Morgan fingerprint density at radius 1 is 1.19 bits per heavy atom. The van der Waals surface area contributed by atoms with Gasteiger partial charge in [-0.15, -0.1) is 0 Å². The molecule has 1 aromatic heterocycles. The zero-order valence-electron chi connectivity index (χ0n) is 12.7. The Morgan fingerprint density at radius 3 is 2.57 bits per heavy atom. The number of nitrogen functional groups attached to an aromatic ring is 1. The van der Waals surface area contributed by atoms with Crippen LogP contribution in [0, 0.1) is 11.8 Å². The number of hydrogen-bond donors (Lipinski definition) is 3. The van der Waals surface area contributed by atoms with E-state index in [1.165, 1.54) is 30.6 Å². The van der Waals surface area contributed by atoms with Gasteiger partial charge in [0.15, 0.2) is 5.13 Å². The van der Waals surface area contributed by atoms with Gasteiger partial charge in [-0.05, 0) is 43.9 Å². The topological polar surface area (TPSA) is 80.0 Å². The highest BCUT2D eigenvalue weighted by Gasteiger charge is 2.28. The van der Waals surface area contributed by atoms with Crippen molar-refractivity contribution in [3.8, 4) is 0 Å². The summed E-state index contributed by atoms with van der Waals surface area (Å²) < 4.78 is 0. The Morgan fingerprint density at radius 2 is 1.90 bits per heavy atom. The molecule has 116 valence electrons. The minimum atomic E-state index is -0.0689. The largest absolute Gasteiger partial charge is 0.382 e. The number of hydrogen-bond acceptors (Lipinski definition) is 5. The number of nitrogens with one attached hydrogen (secondary N) is 2. The van der Waals surface area contributed by atoms with Crippen LogP contribution in [0.5, 0.6) is 0 Å². The Balaban J connectivity index is 1.60. The third-order valence-corrected chi connectivity index (χ3v) is 5.70. The first kappa shape index (κ1) is 14.6. The van der Waals surface area contributed by atoms with Crippen LogP contribution in [0.25, 0.3) is 0 Å². The highest BCUT2D eigenvalue weighted by molar-refractivity contribution is 7.18. The van der Waals surface area contributed by atoms with Gasteiger partial charge in [0.25, 0.3) is 5.91 Å². The third-order valence-electron chi connectivity index (χ3n) is 4.70. The van der Waals surface area contributed by atoms with E-state index in [1.807, 2.05) is 0 Å². The Kier molecular flexibility index (Phi) is 4.06. The molecular weight excluding hydrogens is 284 g/mol. The second kappa shape index (κ2) is 5.83. The molecule has 4 N–H and O–H groups in total.